The minimum absolute atomic E-state index is 0.110. The molecular weight excluding hydrogens is 234 g/mol. The Bertz CT molecular complexity index is 323. The van der Waals surface area contributed by atoms with Gasteiger partial charge in [-0.3, -0.25) is 9.59 Å². The number of ether oxygens (including phenoxy) is 1. The highest BCUT2D eigenvalue weighted by Gasteiger charge is 2.37. The Morgan fingerprint density at radius 2 is 1.89 bits per heavy atom. The van der Waals surface area contributed by atoms with Crippen LogP contribution in [0.5, 0.6) is 0 Å². The maximum absolute atomic E-state index is 12.1. The van der Waals surface area contributed by atoms with Gasteiger partial charge < -0.3 is 21.1 Å². The molecule has 1 heterocycles. The van der Waals surface area contributed by atoms with Crippen LogP contribution in [-0.2, 0) is 14.3 Å². The molecular formula is C12H23N3O3. The number of hydrogen-bond acceptors (Lipinski definition) is 4. The Morgan fingerprint density at radius 1 is 1.33 bits per heavy atom. The molecule has 1 aliphatic rings. The highest BCUT2D eigenvalue weighted by molar-refractivity contribution is 5.87. The summed E-state index contributed by atoms with van der Waals surface area (Å²) in [5, 5.41) is 5.34. The fourth-order valence-corrected chi connectivity index (χ4v) is 1.86. The van der Waals surface area contributed by atoms with Crippen LogP contribution < -0.4 is 16.4 Å². The Labute approximate surface area is 108 Å². The van der Waals surface area contributed by atoms with Gasteiger partial charge in [-0.1, -0.05) is 0 Å². The molecule has 1 saturated heterocycles. The van der Waals surface area contributed by atoms with E-state index in [1.165, 1.54) is 0 Å². The molecule has 104 valence electrons. The lowest BCUT2D eigenvalue weighted by Crippen LogP contribution is -2.58. The average Bonchev–Trinajstić information content (AvgIpc) is 2.35. The van der Waals surface area contributed by atoms with Gasteiger partial charge in [0, 0.05) is 26.8 Å². The van der Waals surface area contributed by atoms with Gasteiger partial charge in [0.1, 0.15) is 0 Å². The van der Waals surface area contributed by atoms with Gasteiger partial charge in [-0.05, 0) is 26.7 Å². The molecule has 0 spiro atoms. The Balaban J connectivity index is 2.52. The summed E-state index contributed by atoms with van der Waals surface area (Å²) in [5.41, 5.74) is 4.54. The van der Waals surface area contributed by atoms with E-state index in [0.29, 0.717) is 26.1 Å². The van der Waals surface area contributed by atoms with Crippen molar-refractivity contribution in [3.8, 4) is 0 Å². The molecule has 0 radical (unpaired) electrons. The molecule has 0 aromatic heterocycles. The van der Waals surface area contributed by atoms with E-state index in [-0.39, 0.29) is 18.4 Å². The van der Waals surface area contributed by atoms with Crippen molar-refractivity contribution in [3.05, 3.63) is 0 Å². The Hall–Kier alpha value is -1.14. The largest absolute Gasteiger partial charge is 0.381 e. The van der Waals surface area contributed by atoms with Gasteiger partial charge in [-0.15, -0.1) is 0 Å². The molecule has 1 rings (SSSR count). The third-order valence-corrected chi connectivity index (χ3v) is 3.37. The topological polar surface area (TPSA) is 93.5 Å². The quantitative estimate of drug-likeness (QED) is 0.626. The van der Waals surface area contributed by atoms with E-state index < -0.39 is 11.0 Å². The van der Waals surface area contributed by atoms with Gasteiger partial charge in [0.2, 0.25) is 11.8 Å². The molecule has 0 bridgehead atoms. The van der Waals surface area contributed by atoms with Gasteiger partial charge >= 0.3 is 0 Å². The van der Waals surface area contributed by atoms with E-state index in [4.69, 9.17) is 10.5 Å². The van der Waals surface area contributed by atoms with Crippen molar-refractivity contribution < 1.29 is 14.3 Å². The first-order valence-corrected chi connectivity index (χ1v) is 6.19. The second-order valence-electron chi connectivity index (χ2n) is 5.41. The molecule has 6 heteroatoms. The lowest BCUT2D eigenvalue weighted by Gasteiger charge is -2.33. The minimum atomic E-state index is -0.864. The first kappa shape index (κ1) is 14.9. The monoisotopic (exact) mass is 257 g/mol. The fourth-order valence-electron chi connectivity index (χ4n) is 1.86. The third-order valence-electron chi connectivity index (χ3n) is 3.37. The number of nitrogens with two attached hydrogens (primary N) is 1. The molecule has 0 aromatic carbocycles. The number of carbonyl (C=O) groups excluding carboxylic acids is 2. The first-order valence-electron chi connectivity index (χ1n) is 6.19. The van der Waals surface area contributed by atoms with Crippen LogP contribution in [0.25, 0.3) is 0 Å². The van der Waals surface area contributed by atoms with E-state index in [0.717, 1.165) is 0 Å². The van der Waals surface area contributed by atoms with Crippen molar-refractivity contribution in [2.75, 3.05) is 26.8 Å². The summed E-state index contributed by atoms with van der Waals surface area (Å²) in [5.74, 6) is -0.316. The predicted octanol–water partition coefficient (Wildman–Crippen LogP) is -0.617. The SMILES string of the molecule is CNC(=O)C(C)(C)CNC(=O)C1(N)CCOCC1. The van der Waals surface area contributed by atoms with Crippen molar-refractivity contribution in [3.63, 3.8) is 0 Å². The van der Waals surface area contributed by atoms with Crippen LogP contribution in [0.15, 0.2) is 0 Å². The van der Waals surface area contributed by atoms with Gasteiger partial charge in [0.25, 0.3) is 0 Å². The molecule has 0 aliphatic carbocycles. The molecule has 4 N–H and O–H groups in total. The van der Waals surface area contributed by atoms with Crippen LogP contribution in [0, 0.1) is 5.41 Å². The molecule has 0 aromatic rings. The van der Waals surface area contributed by atoms with E-state index in [1.54, 1.807) is 20.9 Å². The zero-order valence-corrected chi connectivity index (χ0v) is 11.3. The van der Waals surface area contributed by atoms with Gasteiger partial charge in [-0.25, -0.2) is 0 Å². The summed E-state index contributed by atoms with van der Waals surface area (Å²) < 4.78 is 5.19. The Kier molecular flexibility index (Phi) is 4.70. The summed E-state index contributed by atoms with van der Waals surface area (Å²) in [6, 6.07) is 0. The summed E-state index contributed by atoms with van der Waals surface area (Å²) in [4.78, 5) is 23.6. The zero-order chi connectivity index (χ0) is 13.8. The lowest BCUT2D eigenvalue weighted by molar-refractivity contribution is -0.132. The highest BCUT2D eigenvalue weighted by atomic mass is 16.5. The highest BCUT2D eigenvalue weighted by Crippen LogP contribution is 2.19. The number of amides is 2. The smallest absolute Gasteiger partial charge is 0.240 e. The number of nitrogens with one attached hydrogen (secondary N) is 2. The molecule has 0 atom stereocenters. The Morgan fingerprint density at radius 3 is 2.39 bits per heavy atom. The fraction of sp³-hybridized carbons (Fsp3) is 0.833. The van der Waals surface area contributed by atoms with Crippen LogP contribution in [-0.4, -0.2) is 44.2 Å². The standard InChI is InChI=1S/C12H23N3O3/c1-11(2,9(16)14-3)8-15-10(17)12(13)4-6-18-7-5-12/h4-8,13H2,1-3H3,(H,14,16)(H,15,17). The summed E-state index contributed by atoms with van der Waals surface area (Å²) in [7, 11) is 1.58. The predicted molar refractivity (Wildman–Crippen MR) is 67.8 cm³/mol. The number of rotatable bonds is 4. The van der Waals surface area contributed by atoms with Crippen molar-refractivity contribution in [1.29, 1.82) is 0 Å². The third kappa shape index (κ3) is 3.43. The zero-order valence-electron chi connectivity index (χ0n) is 11.3. The number of carbonyl (C=O) groups is 2. The lowest BCUT2D eigenvalue weighted by atomic mass is 9.88. The molecule has 0 unspecified atom stereocenters. The van der Waals surface area contributed by atoms with Gasteiger partial charge in [0.05, 0.1) is 11.0 Å². The molecule has 1 aliphatic heterocycles. The minimum Gasteiger partial charge on any atom is -0.381 e. The maximum atomic E-state index is 12.1. The van der Waals surface area contributed by atoms with Crippen LogP contribution in [0.4, 0.5) is 0 Å². The van der Waals surface area contributed by atoms with Crippen molar-refractivity contribution in [1.82, 2.24) is 10.6 Å². The molecule has 1 fully saturated rings. The average molecular weight is 257 g/mol. The van der Waals surface area contributed by atoms with E-state index in [2.05, 4.69) is 10.6 Å². The van der Waals surface area contributed by atoms with Crippen LogP contribution in [0.3, 0.4) is 0 Å². The van der Waals surface area contributed by atoms with Crippen LogP contribution in [0.1, 0.15) is 26.7 Å². The maximum Gasteiger partial charge on any atom is 0.240 e. The van der Waals surface area contributed by atoms with Gasteiger partial charge in [-0.2, -0.15) is 0 Å². The second kappa shape index (κ2) is 5.67. The second-order valence-corrected chi connectivity index (χ2v) is 5.41. The molecule has 0 saturated carbocycles. The molecule has 6 nitrogen and oxygen atoms in total. The normalized spacial score (nSPS) is 19.1. The van der Waals surface area contributed by atoms with Crippen molar-refractivity contribution in [2.24, 2.45) is 11.1 Å². The summed E-state index contributed by atoms with van der Waals surface area (Å²) >= 11 is 0. The van der Waals surface area contributed by atoms with Crippen LogP contribution in [0.2, 0.25) is 0 Å². The molecule has 18 heavy (non-hydrogen) atoms. The summed E-state index contributed by atoms with van der Waals surface area (Å²) in [6.07, 6.45) is 1.03. The van der Waals surface area contributed by atoms with Crippen molar-refractivity contribution >= 4 is 11.8 Å². The van der Waals surface area contributed by atoms with E-state index >= 15 is 0 Å². The van der Waals surface area contributed by atoms with E-state index in [9.17, 15) is 9.59 Å². The first-order chi connectivity index (χ1) is 8.32. The van der Waals surface area contributed by atoms with Crippen LogP contribution >= 0.6 is 0 Å². The molecule has 2 amide bonds. The van der Waals surface area contributed by atoms with E-state index in [1.807, 2.05) is 0 Å². The number of hydrogen-bond donors (Lipinski definition) is 3. The van der Waals surface area contributed by atoms with Crippen molar-refractivity contribution in [2.45, 2.75) is 32.2 Å². The van der Waals surface area contributed by atoms with Gasteiger partial charge in [0.15, 0.2) is 0 Å². The summed E-state index contributed by atoms with van der Waals surface area (Å²) in [6.45, 7) is 4.83.